The number of carbonyl (C=O) groups is 1. The number of aromatic nitrogens is 1. The van der Waals surface area contributed by atoms with Crippen molar-refractivity contribution in [2.75, 3.05) is 18.1 Å². The first-order valence-electron chi connectivity index (χ1n) is 8.34. The molecule has 0 N–H and O–H groups in total. The van der Waals surface area contributed by atoms with Crippen LogP contribution in [0.2, 0.25) is 0 Å². The summed E-state index contributed by atoms with van der Waals surface area (Å²) in [6.07, 6.45) is 2.34. The molecule has 0 spiro atoms. The van der Waals surface area contributed by atoms with Gasteiger partial charge in [-0.05, 0) is 44.2 Å². The normalized spacial score (nSPS) is 16.9. The van der Waals surface area contributed by atoms with Crippen LogP contribution in [0.5, 0.6) is 5.88 Å². The van der Waals surface area contributed by atoms with Crippen LogP contribution in [0.1, 0.15) is 30.6 Å². The first kappa shape index (κ1) is 17.4. The Hall–Kier alpha value is -2.47. The van der Waals surface area contributed by atoms with Gasteiger partial charge in [-0.1, -0.05) is 0 Å². The highest BCUT2D eigenvalue weighted by molar-refractivity contribution is 6.06. The van der Waals surface area contributed by atoms with Gasteiger partial charge < -0.3 is 14.4 Å². The predicted octanol–water partition coefficient (Wildman–Crippen LogP) is 3.44. The van der Waals surface area contributed by atoms with E-state index in [1.54, 1.807) is 35.4 Å². The Morgan fingerprint density at radius 2 is 2.08 bits per heavy atom. The number of halogens is 1. The fraction of sp³-hybridized carbons (Fsp3) is 0.368. The van der Waals surface area contributed by atoms with Crippen LogP contribution < -0.4 is 9.64 Å². The molecule has 5 nitrogen and oxygen atoms in total. The zero-order chi connectivity index (χ0) is 17.8. The summed E-state index contributed by atoms with van der Waals surface area (Å²) in [5.74, 6) is -0.112. The Balaban J connectivity index is 1.83. The van der Waals surface area contributed by atoms with E-state index in [1.165, 1.54) is 12.1 Å². The zero-order valence-corrected chi connectivity index (χ0v) is 14.3. The summed E-state index contributed by atoms with van der Waals surface area (Å²) in [7, 11) is 0. The standard InChI is InChI=1S/C19H21FN2O3/c1-13(2)22(16-5-3-15(20)4-6-16)19(23)14-7-9-21-18(11-14)25-17-8-10-24-12-17/h3-7,9,11,13,17H,8,10,12H2,1-2H3/t17-/m0/s1. The topological polar surface area (TPSA) is 51.7 Å². The number of anilines is 1. The summed E-state index contributed by atoms with van der Waals surface area (Å²) < 4.78 is 24.2. The highest BCUT2D eigenvalue weighted by atomic mass is 19.1. The van der Waals surface area contributed by atoms with Gasteiger partial charge in [0.05, 0.1) is 13.2 Å². The van der Waals surface area contributed by atoms with Crippen LogP contribution in [0.15, 0.2) is 42.6 Å². The number of hydrogen-bond donors (Lipinski definition) is 0. The number of carbonyl (C=O) groups excluding carboxylic acids is 1. The van der Waals surface area contributed by atoms with Crippen LogP contribution in [0.3, 0.4) is 0 Å². The third kappa shape index (κ3) is 4.14. The average Bonchev–Trinajstić information content (AvgIpc) is 3.09. The SMILES string of the molecule is CC(C)N(C(=O)c1ccnc(O[C@H]2CCOC2)c1)c1ccc(F)cc1. The molecule has 0 saturated carbocycles. The molecule has 132 valence electrons. The maximum Gasteiger partial charge on any atom is 0.258 e. The Bertz CT molecular complexity index is 728. The van der Waals surface area contributed by atoms with Crippen molar-refractivity contribution in [1.82, 2.24) is 4.98 Å². The molecule has 3 rings (SSSR count). The molecule has 1 aliphatic rings. The van der Waals surface area contributed by atoms with Gasteiger partial charge in [-0.25, -0.2) is 9.37 Å². The Morgan fingerprint density at radius 3 is 2.72 bits per heavy atom. The van der Waals surface area contributed by atoms with Crippen molar-refractivity contribution in [3.05, 3.63) is 54.0 Å². The Morgan fingerprint density at radius 1 is 1.32 bits per heavy atom. The van der Waals surface area contributed by atoms with E-state index in [-0.39, 0.29) is 23.9 Å². The van der Waals surface area contributed by atoms with Gasteiger partial charge in [-0.3, -0.25) is 4.79 Å². The molecule has 1 aromatic carbocycles. The Kier molecular flexibility index (Phi) is 5.28. The molecule has 1 aliphatic heterocycles. The lowest BCUT2D eigenvalue weighted by atomic mass is 10.1. The van der Waals surface area contributed by atoms with Crippen molar-refractivity contribution in [1.29, 1.82) is 0 Å². The maximum atomic E-state index is 13.2. The van der Waals surface area contributed by atoms with E-state index < -0.39 is 0 Å². The molecule has 25 heavy (non-hydrogen) atoms. The van der Waals surface area contributed by atoms with Crippen molar-refractivity contribution >= 4 is 11.6 Å². The molecule has 0 aliphatic carbocycles. The lowest BCUT2D eigenvalue weighted by Crippen LogP contribution is -2.37. The zero-order valence-electron chi connectivity index (χ0n) is 14.3. The van der Waals surface area contributed by atoms with Gasteiger partial charge in [0, 0.05) is 36.0 Å². The largest absolute Gasteiger partial charge is 0.472 e. The second-order valence-electron chi connectivity index (χ2n) is 6.23. The predicted molar refractivity (Wildman–Crippen MR) is 92.4 cm³/mol. The van der Waals surface area contributed by atoms with E-state index in [9.17, 15) is 9.18 Å². The number of nitrogens with zero attached hydrogens (tertiary/aromatic N) is 2. The number of amides is 1. The third-order valence-corrected chi connectivity index (χ3v) is 4.00. The molecular weight excluding hydrogens is 323 g/mol. The molecule has 2 aromatic rings. The fourth-order valence-corrected chi connectivity index (χ4v) is 2.77. The summed E-state index contributed by atoms with van der Waals surface area (Å²) >= 11 is 0. The minimum atomic E-state index is -0.335. The minimum Gasteiger partial charge on any atom is -0.472 e. The summed E-state index contributed by atoms with van der Waals surface area (Å²) in [5.41, 5.74) is 1.12. The molecule has 1 aromatic heterocycles. The van der Waals surface area contributed by atoms with Crippen molar-refractivity contribution in [3.8, 4) is 5.88 Å². The molecule has 6 heteroatoms. The Labute approximate surface area is 146 Å². The van der Waals surface area contributed by atoms with Gasteiger partial charge in [0.25, 0.3) is 5.91 Å². The number of hydrogen-bond acceptors (Lipinski definition) is 4. The monoisotopic (exact) mass is 344 g/mol. The molecular formula is C19H21FN2O3. The summed E-state index contributed by atoms with van der Waals surface area (Å²) in [6.45, 7) is 5.04. The second kappa shape index (κ2) is 7.61. The van der Waals surface area contributed by atoms with Crippen LogP contribution in [-0.4, -0.2) is 36.3 Å². The summed E-state index contributed by atoms with van der Waals surface area (Å²) in [5, 5.41) is 0. The molecule has 0 bridgehead atoms. The van der Waals surface area contributed by atoms with E-state index in [0.717, 1.165) is 6.42 Å². The van der Waals surface area contributed by atoms with E-state index >= 15 is 0 Å². The number of benzene rings is 1. The van der Waals surface area contributed by atoms with Crippen LogP contribution in [0, 0.1) is 5.82 Å². The highest BCUT2D eigenvalue weighted by Gasteiger charge is 2.23. The molecule has 1 saturated heterocycles. The number of pyridine rings is 1. The van der Waals surface area contributed by atoms with Gasteiger partial charge in [0.1, 0.15) is 11.9 Å². The minimum absolute atomic E-state index is 0.0313. The van der Waals surface area contributed by atoms with Gasteiger partial charge in [0.15, 0.2) is 0 Å². The first-order chi connectivity index (χ1) is 12.0. The maximum absolute atomic E-state index is 13.2. The summed E-state index contributed by atoms with van der Waals surface area (Å²) in [4.78, 5) is 18.8. The van der Waals surface area contributed by atoms with Crippen molar-refractivity contribution in [3.63, 3.8) is 0 Å². The molecule has 1 amide bonds. The van der Waals surface area contributed by atoms with Crippen LogP contribution in [0.4, 0.5) is 10.1 Å². The third-order valence-electron chi connectivity index (χ3n) is 4.00. The molecule has 0 radical (unpaired) electrons. The highest BCUT2D eigenvalue weighted by Crippen LogP contribution is 2.22. The van der Waals surface area contributed by atoms with Crippen molar-refractivity contribution in [2.45, 2.75) is 32.4 Å². The van der Waals surface area contributed by atoms with E-state index in [0.29, 0.717) is 30.3 Å². The summed E-state index contributed by atoms with van der Waals surface area (Å²) in [6, 6.07) is 9.10. The fourth-order valence-electron chi connectivity index (χ4n) is 2.77. The van der Waals surface area contributed by atoms with Crippen LogP contribution in [0.25, 0.3) is 0 Å². The smallest absolute Gasteiger partial charge is 0.258 e. The molecule has 2 heterocycles. The quantitative estimate of drug-likeness (QED) is 0.834. The molecule has 0 unspecified atom stereocenters. The van der Waals surface area contributed by atoms with E-state index in [4.69, 9.17) is 9.47 Å². The van der Waals surface area contributed by atoms with Gasteiger partial charge in [-0.2, -0.15) is 0 Å². The van der Waals surface area contributed by atoms with Crippen LogP contribution in [-0.2, 0) is 4.74 Å². The van der Waals surface area contributed by atoms with Crippen molar-refractivity contribution in [2.24, 2.45) is 0 Å². The lowest BCUT2D eigenvalue weighted by Gasteiger charge is -2.27. The number of ether oxygens (including phenoxy) is 2. The lowest BCUT2D eigenvalue weighted by molar-refractivity contribution is 0.0978. The second-order valence-corrected chi connectivity index (χ2v) is 6.23. The van der Waals surface area contributed by atoms with Gasteiger partial charge in [0.2, 0.25) is 5.88 Å². The van der Waals surface area contributed by atoms with Gasteiger partial charge >= 0.3 is 0 Å². The average molecular weight is 344 g/mol. The van der Waals surface area contributed by atoms with Crippen molar-refractivity contribution < 1.29 is 18.7 Å². The van der Waals surface area contributed by atoms with Gasteiger partial charge in [-0.15, -0.1) is 0 Å². The number of rotatable bonds is 5. The van der Waals surface area contributed by atoms with E-state index in [1.807, 2.05) is 13.8 Å². The molecule has 1 atom stereocenters. The van der Waals surface area contributed by atoms with E-state index in [2.05, 4.69) is 4.98 Å². The first-order valence-corrected chi connectivity index (χ1v) is 8.34. The molecule has 1 fully saturated rings. The van der Waals surface area contributed by atoms with Crippen LogP contribution >= 0.6 is 0 Å².